The van der Waals surface area contributed by atoms with Gasteiger partial charge in [-0.1, -0.05) is 24.2 Å². The van der Waals surface area contributed by atoms with E-state index in [-0.39, 0.29) is 12.6 Å². The van der Waals surface area contributed by atoms with E-state index in [1.165, 1.54) is 12.1 Å². The fourth-order valence-electron chi connectivity index (χ4n) is 2.33. The molecule has 1 aromatic heterocycles. The molecule has 0 fully saturated rings. The Morgan fingerprint density at radius 2 is 2.09 bits per heavy atom. The third kappa shape index (κ3) is 4.29. The lowest BCUT2D eigenvalue weighted by Gasteiger charge is -2.27. The fourth-order valence-corrected chi connectivity index (χ4v) is 2.33. The molecule has 1 unspecified atom stereocenters. The average molecular weight is 328 g/mol. The number of hydrogen-bond acceptors (Lipinski definition) is 5. The molecule has 2 aromatic rings. The first kappa shape index (κ1) is 17.4. The van der Waals surface area contributed by atoms with Crippen molar-refractivity contribution in [3.63, 3.8) is 0 Å². The van der Waals surface area contributed by atoms with E-state index in [4.69, 9.17) is 10.3 Å². The van der Waals surface area contributed by atoms with Crippen LogP contribution in [0.2, 0.25) is 0 Å². The molecule has 0 aliphatic heterocycles. The molecule has 0 radical (unpaired) electrons. The molecule has 0 aliphatic rings. The normalized spacial score (nSPS) is 13.5. The summed E-state index contributed by atoms with van der Waals surface area (Å²) in [5, 5.41) is 3.82. The molecule has 0 bridgehead atoms. The van der Waals surface area contributed by atoms with Gasteiger partial charge in [-0.05, 0) is 31.2 Å². The summed E-state index contributed by atoms with van der Waals surface area (Å²) in [5.74, 6) is 0.800. The second-order valence-corrected chi connectivity index (χ2v) is 5.17. The van der Waals surface area contributed by atoms with Gasteiger partial charge in [-0.2, -0.15) is 18.2 Å². The van der Waals surface area contributed by atoms with Crippen molar-refractivity contribution in [2.75, 3.05) is 6.54 Å². The average Bonchev–Trinajstić information content (AvgIpc) is 2.99. The molecule has 1 heterocycles. The zero-order valence-corrected chi connectivity index (χ0v) is 13.0. The van der Waals surface area contributed by atoms with Gasteiger partial charge in [0.1, 0.15) is 0 Å². The van der Waals surface area contributed by atoms with E-state index < -0.39 is 11.7 Å². The molecule has 1 aromatic carbocycles. The van der Waals surface area contributed by atoms with Crippen molar-refractivity contribution >= 4 is 0 Å². The highest BCUT2D eigenvalue weighted by atomic mass is 19.4. The van der Waals surface area contributed by atoms with Gasteiger partial charge in [-0.25, -0.2) is 0 Å². The van der Waals surface area contributed by atoms with E-state index in [9.17, 15) is 13.2 Å². The summed E-state index contributed by atoms with van der Waals surface area (Å²) in [6.07, 6.45) is -4.35. The first-order valence-corrected chi connectivity index (χ1v) is 7.27. The third-order valence-corrected chi connectivity index (χ3v) is 3.68. The molecule has 0 saturated heterocycles. The van der Waals surface area contributed by atoms with Gasteiger partial charge in [0.25, 0.3) is 0 Å². The van der Waals surface area contributed by atoms with Crippen LogP contribution in [-0.2, 0) is 19.3 Å². The van der Waals surface area contributed by atoms with E-state index in [1.807, 2.05) is 18.7 Å². The monoisotopic (exact) mass is 328 g/mol. The maximum atomic E-state index is 12.8. The van der Waals surface area contributed by atoms with Crippen LogP contribution in [0, 0.1) is 0 Å². The standard InChI is InChI=1S/C15H19F3N4O/c1-3-22(9-13-20-14(8-19)23-21-13)10(2)11-5-4-6-12(7-11)15(16,17)18/h4-7,10H,3,8-9,19H2,1-2H3. The zero-order chi connectivity index (χ0) is 17.0. The minimum Gasteiger partial charge on any atom is -0.338 e. The lowest BCUT2D eigenvalue weighted by atomic mass is 10.0. The Kier molecular flexibility index (Phi) is 5.38. The second-order valence-electron chi connectivity index (χ2n) is 5.17. The Hall–Kier alpha value is -1.93. The van der Waals surface area contributed by atoms with Crippen molar-refractivity contribution in [2.24, 2.45) is 5.73 Å². The molecule has 2 N–H and O–H groups in total. The van der Waals surface area contributed by atoms with E-state index in [0.29, 0.717) is 30.4 Å². The highest BCUT2D eigenvalue weighted by Gasteiger charge is 2.31. The molecular weight excluding hydrogens is 309 g/mol. The number of halogens is 3. The maximum absolute atomic E-state index is 12.8. The molecule has 1 atom stereocenters. The lowest BCUT2D eigenvalue weighted by Crippen LogP contribution is -2.27. The SMILES string of the molecule is CCN(Cc1noc(CN)n1)C(C)c1cccc(C(F)(F)F)c1. The van der Waals surface area contributed by atoms with Crippen LogP contribution in [-0.4, -0.2) is 21.6 Å². The van der Waals surface area contributed by atoms with Crippen LogP contribution in [0.1, 0.15) is 42.7 Å². The number of alkyl halides is 3. The van der Waals surface area contributed by atoms with E-state index in [2.05, 4.69) is 10.1 Å². The fraction of sp³-hybridized carbons (Fsp3) is 0.467. The second kappa shape index (κ2) is 7.10. The molecule has 0 spiro atoms. The van der Waals surface area contributed by atoms with E-state index >= 15 is 0 Å². The van der Waals surface area contributed by atoms with Gasteiger partial charge >= 0.3 is 6.18 Å². The van der Waals surface area contributed by atoms with Gasteiger partial charge in [0.05, 0.1) is 18.7 Å². The third-order valence-electron chi connectivity index (χ3n) is 3.68. The van der Waals surface area contributed by atoms with Gasteiger partial charge in [0.15, 0.2) is 5.82 Å². The summed E-state index contributed by atoms with van der Waals surface area (Å²) in [6, 6.07) is 5.13. The first-order chi connectivity index (χ1) is 10.8. The number of benzene rings is 1. The number of nitrogens with zero attached hydrogens (tertiary/aromatic N) is 3. The van der Waals surface area contributed by atoms with Crippen LogP contribution in [0.5, 0.6) is 0 Å². The first-order valence-electron chi connectivity index (χ1n) is 7.27. The molecule has 0 amide bonds. The summed E-state index contributed by atoms with van der Waals surface area (Å²) in [6.45, 7) is 4.93. The molecular formula is C15H19F3N4O. The highest BCUT2D eigenvalue weighted by Crippen LogP contribution is 2.32. The molecule has 126 valence electrons. The van der Waals surface area contributed by atoms with E-state index in [1.54, 1.807) is 6.07 Å². The Labute approximate surface area is 132 Å². The largest absolute Gasteiger partial charge is 0.416 e. The van der Waals surface area contributed by atoms with Gasteiger partial charge in [0.2, 0.25) is 5.89 Å². The summed E-state index contributed by atoms with van der Waals surface area (Å²) < 4.78 is 43.5. The summed E-state index contributed by atoms with van der Waals surface area (Å²) in [5.41, 5.74) is 5.36. The molecule has 5 nitrogen and oxygen atoms in total. The van der Waals surface area contributed by atoms with Crippen molar-refractivity contribution in [3.8, 4) is 0 Å². The maximum Gasteiger partial charge on any atom is 0.416 e. The Morgan fingerprint density at radius 3 is 2.65 bits per heavy atom. The van der Waals surface area contributed by atoms with Gasteiger partial charge < -0.3 is 10.3 Å². The minimum absolute atomic E-state index is 0.155. The van der Waals surface area contributed by atoms with Crippen molar-refractivity contribution in [2.45, 2.75) is 39.2 Å². The molecule has 2 rings (SSSR count). The van der Waals surface area contributed by atoms with Gasteiger partial charge in [-0.3, -0.25) is 4.90 Å². The van der Waals surface area contributed by atoms with Crippen molar-refractivity contribution in [3.05, 3.63) is 47.1 Å². The molecule has 0 aliphatic carbocycles. The van der Waals surface area contributed by atoms with Crippen LogP contribution >= 0.6 is 0 Å². The summed E-state index contributed by atoms with van der Waals surface area (Å²) in [7, 11) is 0. The number of nitrogens with two attached hydrogens (primary N) is 1. The quantitative estimate of drug-likeness (QED) is 0.882. The van der Waals surface area contributed by atoms with E-state index in [0.717, 1.165) is 6.07 Å². The Morgan fingerprint density at radius 1 is 1.35 bits per heavy atom. The molecule has 0 saturated carbocycles. The van der Waals surface area contributed by atoms with Crippen LogP contribution in [0.25, 0.3) is 0 Å². The predicted molar refractivity (Wildman–Crippen MR) is 78.1 cm³/mol. The van der Waals surface area contributed by atoms with Gasteiger partial charge in [-0.15, -0.1) is 0 Å². The summed E-state index contributed by atoms with van der Waals surface area (Å²) >= 11 is 0. The topological polar surface area (TPSA) is 68.2 Å². The molecule has 23 heavy (non-hydrogen) atoms. The van der Waals surface area contributed by atoms with Crippen LogP contribution < -0.4 is 5.73 Å². The zero-order valence-electron chi connectivity index (χ0n) is 13.0. The van der Waals surface area contributed by atoms with Crippen molar-refractivity contribution in [1.29, 1.82) is 0 Å². The smallest absolute Gasteiger partial charge is 0.338 e. The van der Waals surface area contributed by atoms with Crippen molar-refractivity contribution < 1.29 is 17.7 Å². The predicted octanol–water partition coefficient (Wildman–Crippen LogP) is 3.13. The van der Waals surface area contributed by atoms with Gasteiger partial charge in [0, 0.05) is 6.04 Å². The number of aromatic nitrogens is 2. The van der Waals surface area contributed by atoms with Crippen molar-refractivity contribution in [1.82, 2.24) is 15.0 Å². The molecule has 8 heteroatoms. The van der Waals surface area contributed by atoms with Crippen LogP contribution in [0.15, 0.2) is 28.8 Å². The van der Waals surface area contributed by atoms with Crippen LogP contribution in [0.3, 0.4) is 0 Å². The lowest BCUT2D eigenvalue weighted by molar-refractivity contribution is -0.137. The number of rotatable bonds is 6. The number of hydrogen-bond donors (Lipinski definition) is 1. The Bertz CT molecular complexity index is 642. The minimum atomic E-state index is -4.35. The van der Waals surface area contributed by atoms with Crippen LogP contribution in [0.4, 0.5) is 13.2 Å². The summed E-state index contributed by atoms with van der Waals surface area (Å²) in [4.78, 5) is 6.08. The highest BCUT2D eigenvalue weighted by molar-refractivity contribution is 5.27. The Balaban J connectivity index is 2.17.